The zero-order valence-corrected chi connectivity index (χ0v) is 12.7. The van der Waals surface area contributed by atoms with Crippen molar-refractivity contribution in [1.82, 2.24) is 5.32 Å². The Morgan fingerprint density at radius 2 is 1.86 bits per heavy atom. The van der Waals surface area contributed by atoms with Gasteiger partial charge in [0.1, 0.15) is 0 Å². The van der Waals surface area contributed by atoms with Crippen LogP contribution in [-0.4, -0.2) is 31.9 Å². The summed E-state index contributed by atoms with van der Waals surface area (Å²) in [6, 6.07) is 14.4. The van der Waals surface area contributed by atoms with E-state index in [1.165, 1.54) is 10.8 Å². The Labute approximate surface area is 126 Å². The first-order chi connectivity index (χ1) is 10.3. The Balaban J connectivity index is 1.75. The molecule has 2 aromatic rings. The van der Waals surface area contributed by atoms with Crippen LogP contribution in [0.25, 0.3) is 10.8 Å². The van der Waals surface area contributed by atoms with Gasteiger partial charge in [-0.15, -0.1) is 0 Å². The molecule has 0 amide bonds. The van der Waals surface area contributed by atoms with Gasteiger partial charge in [0.05, 0.1) is 6.10 Å². The highest BCUT2D eigenvalue weighted by Crippen LogP contribution is 2.20. The second-order valence-electron chi connectivity index (χ2n) is 5.38. The Kier molecular flexibility index (Phi) is 6.67. The quantitative estimate of drug-likeness (QED) is 0.695. The monoisotopic (exact) mass is 287 g/mol. The fraction of sp³-hybridized carbons (Fsp3) is 0.444. The van der Waals surface area contributed by atoms with E-state index in [9.17, 15) is 5.11 Å². The first-order valence-electron chi connectivity index (χ1n) is 7.67. The van der Waals surface area contributed by atoms with E-state index in [1.54, 1.807) is 7.11 Å². The maximum absolute atomic E-state index is 10.2. The van der Waals surface area contributed by atoms with Crippen molar-refractivity contribution in [3.8, 4) is 0 Å². The Hall–Kier alpha value is -1.42. The minimum Gasteiger partial charge on any atom is -0.387 e. The van der Waals surface area contributed by atoms with Gasteiger partial charge in [-0.2, -0.15) is 0 Å². The molecule has 0 bridgehead atoms. The van der Waals surface area contributed by atoms with Crippen molar-refractivity contribution in [2.24, 2.45) is 0 Å². The molecule has 0 radical (unpaired) electrons. The Bertz CT molecular complexity index is 541. The zero-order valence-electron chi connectivity index (χ0n) is 12.7. The molecular weight excluding hydrogens is 262 g/mol. The third kappa shape index (κ3) is 5.12. The lowest BCUT2D eigenvalue weighted by Gasteiger charge is -2.13. The third-order valence-corrected chi connectivity index (χ3v) is 3.70. The van der Waals surface area contributed by atoms with E-state index in [4.69, 9.17) is 4.74 Å². The largest absolute Gasteiger partial charge is 0.387 e. The van der Waals surface area contributed by atoms with Crippen LogP contribution in [0.15, 0.2) is 42.5 Å². The molecule has 0 saturated heterocycles. The Morgan fingerprint density at radius 3 is 2.67 bits per heavy atom. The first kappa shape index (κ1) is 16.0. The number of aliphatic hydroxyl groups is 1. The van der Waals surface area contributed by atoms with Crippen LogP contribution < -0.4 is 5.32 Å². The molecule has 0 saturated carbocycles. The molecule has 21 heavy (non-hydrogen) atoms. The molecule has 3 heteroatoms. The summed E-state index contributed by atoms with van der Waals surface area (Å²) in [5, 5.41) is 15.9. The van der Waals surface area contributed by atoms with Crippen LogP contribution in [0.3, 0.4) is 0 Å². The lowest BCUT2D eigenvalue weighted by molar-refractivity contribution is 0.174. The van der Waals surface area contributed by atoms with E-state index < -0.39 is 6.10 Å². The maximum Gasteiger partial charge on any atom is 0.0914 e. The predicted molar refractivity (Wildman–Crippen MR) is 87.5 cm³/mol. The zero-order chi connectivity index (χ0) is 14.9. The smallest absolute Gasteiger partial charge is 0.0914 e. The molecule has 0 heterocycles. The molecule has 3 nitrogen and oxygen atoms in total. The van der Waals surface area contributed by atoms with E-state index in [1.807, 2.05) is 18.2 Å². The van der Waals surface area contributed by atoms with Crippen molar-refractivity contribution >= 4 is 10.8 Å². The summed E-state index contributed by atoms with van der Waals surface area (Å²) in [5.74, 6) is 0. The van der Waals surface area contributed by atoms with E-state index in [-0.39, 0.29) is 0 Å². The van der Waals surface area contributed by atoms with Gasteiger partial charge in [0.25, 0.3) is 0 Å². The molecule has 0 aliphatic carbocycles. The number of hydrogen-bond acceptors (Lipinski definition) is 3. The molecule has 0 fully saturated rings. The summed E-state index contributed by atoms with van der Waals surface area (Å²) in [6.45, 7) is 2.37. The van der Waals surface area contributed by atoms with Gasteiger partial charge in [-0.3, -0.25) is 0 Å². The molecule has 2 N–H and O–H groups in total. The second-order valence-corrected chi connectivity index (χ2v) is 5.38. The van der Waals surface area contributed by atoms with Crippen molar-refractivity contribution in [2.75, 3.05) is 26.8 Å². The number of methoxy groups -OCH3 is 1. The van der Waals surface area contributed by atoms with Gasteiger partial charge >= 0.3 is 0 Å². The topological polar surface area (TPSA) is 41.5 Å². The van der Waals surface area contributed by atoms with E-state index in [0.29, 0.717) is 6.54 Å². The standard InChI is InChI=1S/C18H25NO2/c1-21-12-6-2-5-11-19-14-18(20)17-10-9-15-7-3-4-8-16(15)13-17/h3-4,7-10,13,18-20H,2,5-6,11-12,14H2,1H3. The summed E-state index contributed by atoms with van der Waals surface area (Å²) >= 11 is 0. The van der Waals surface area contributed by atoms with Crippen LogP contribution in [-0.2, 0) is 4.74 Å². The maximum atomic E-state index is 10.2. The number of rotatable bonds is 9. The molecule has 1 unspecified atom stereocenters. The molecule has 0 aliphatic heterocycles. The average Bonchev–Trinajstić information content (AvgIpc) is 2.53. The SMILES string of the molecule is COCCCCCNCC(O)c1ccc2ccccc2c1. The van der Waals surface area contributed by atoms with Gasteiger partial charge in [0.2, 0.25) is 0 Å². The van der Waals surface area contributed by atoms with E-state index in [2.05, 4.69) is 29.6 Å². The van der Waals surface area contributed by atoms with Crippen LogP contribution in [0.5, 0.6) is 0 Å². The van der Waals surface area contributed by atoms with Crippen LogP contribution in [0.2, 0.25) is 0 Å². The van der Waals surface area contributed by atoms with Gasteiger partial charge < -0.3 is 15.2 Å². The van der Waals surface area contributed by atoms with Crippen molar-refractivity contribution in [3.63, 3.8) is 0 Å². The van der Waals surface area contributed by atoms with Gasteiger partial charge in [-0.05, 0) is 48.2 Å². The highest BCUT2D eigenvalue weighted by atomic mass is 16.5. The van der Waals surface area contributed by atoms with Gasteiger partial charge in [0, 0.05) is 20.3 Å². The van der Waals surface area contributed by atoms with Gasteiger partial charge in [-0.1, -0.05) is 36.4 Å². The summed E-state index contributed by atoms with van der Waals surface area (Å²) in [4.78, 5) is 0. The molecule has 2 rings (SSSR count). The molecule has 0 aromatic heterocycles. The van der Waals surface area contributed by atoms with Crippen LogP contribution >= 0.6 is 0 Å². The number of fused-ring (bicyclic) bond motifs is 1. The average molecular weight is 287 g/mol. The van der Waals surface area contributed by atoms with Crippen molar-refractivity contribution in [2.45, 2.75) is 25.4 Å². The minimum atomic E-state index is -0.450. The normalized spacial score (nSPS) is 12.7. The van der Waals surface area contributed by atoms with Crippen molar-refractivity contribution in [1.29, 1.82) is 0 Å². The Morgan fingerprint density at radius 1 is 1.05 bits per heavy atom. The lowest BCUT2D eigenvalue weighted by Crippen LogP contribution is -2.22. The van der Waals surface area contributed by atoms with Gasteiger partial charge in [0.15, 0.2) is 0 Å². The number of nitrogens with one attached hydrogen (secondary N) is 1. The van der Waals surface area contributed by atoms with Crippen molar-refractivity contribution in [3.05, 3.63) is 48.0 Å². The van der Waals surface area contributed by atoms with Crippen LogP contribution in [0, 0.1) is 0 Å². The number of ether oxygens (including phenoxy) is 1. The number of aliphatic hydroxyl groups excluding tert-OH is 1. The fourth-order valence-electron chi connectivity index (χ4n) is 2.44. The van der Waals surface area contributed by atoms with E-state index in [0.717, 1.165) is 38.0 Å². The summed E-state index contributed by atoms with van der Waals surface area (Å²) in [7, 11) is 1.73. The first-order valence-corrected chi connectivity index (χ1v) is 7.67. The fourth-order valence-corrected chi connectivity index (χ4v) is 2.44. The van der Waals surface area contributed by atoms with Crippen LogP contribution in [0.4, 0.5) is 0 Å². The molecule has 114 valence electrons. The molecule has 2 aromatic carbocycles. The molecular formula is C18H25NO2. The third-order valence-electron chi connectivity index (χ3n) is 3.70. The highest BCUT2D eigenvalue weighted by Gasteiger charge is 2.07. The summed E-state index contributed by atoms with van der Waals surface area (Å²) in [5.41, 5.74) is 0.973. The summed E-state index contributed by atoms with van der Waals surface area (Å²) in [6.07, 6.45) is 2.93. The second kappa shape index (κ2) is 8.78. The molecule has 0 aliphatic rings. The highest BCUT2D eigenvalue weighted by molar-refractivity contribution is 5.83. The predicted octanol–water partition coefficient (Wildman–Crippen LogP) is 3.28. The summed E-state index contributed by atoms with van der Waals surface area (Å²) < 4.78 is 5.02. The number of hydrogen-bond donors (Lipinski definition) is 2. The molecule has 1 atom stereocenters. The van der Waals surface area contributed by atoms with E-state index >= 15 is 0 Å². The van der Waals surface area contributed by atoms with Crippen LogP contribution in [0.1, 0.15) is 30.9 Å². The molecule has 0 spiro atoms. The number of unbranched alkanes of at least 4 members (excludes halogenated alkanes) is 2. The number of benzene rings is 2. The minimum absolute atomic E-state index is 0.450. The van der Waals surface area contributed by atoms with Crippen molar-refractivity contribution < 1.29 is 9.84 Å². The van der Waals surface area contributed by atoms with Gasteiger partial charge in [-0.25, -0.2) is 0 Å². The lowest BCUT2D eigenvalue weighted by atomic mass is 10.0.